The number of carboxylic acids is 2. The summed E-state index contributed by atoms with van der Waals surface area (Å²) in [6, 6.07) is 16.2. The molecule has 7 heteroatoms. The number of nitrogens with zero attached hydrogens (tertiary/aromatic N) is 1. The molecule has 2 aromatic rings. The van der Waals surface area contributed by atoms with Crippen molar-refractivity contribution in [2.24, 2.45) is 0 Å². The van der Waals surface area contributed by atoms with Gasteiger partial charge in [-0.2, -0.15) is 5.26 Å². The summed E-state index contributed by atoms with van der Waals surface area (Å²) in [6.07, 6.45) is 2.43. The van der Waals surface area contributed by atoms with Crippen molar-refractivity contribution in [1.82, 2.24) is 0 Å². The number of aliphatic carboxylic acids is 2. The molecule has 0 aromatic heterocycles. The predicted octanol–water partition coefficient (Wildman–Crippen LogP) is 3.05. The van der Waals surface area contributed by atoms with E-state index >= 15 is 0 Å². The highest BCUT2D eigenvalue weighted by Gasteiger charge is 2.05. The van der Waals surface area contributed by atoms with Gasteiger partial charge in [-0.25, -0.2) is 9.59 Å². The van der Waals surface area contributed by atoms with Crippen molar-refractivity contribution in [1.29, 1.82) is 5.26 Å². The van der Waals surface area contributed by atoms with Gasteiger partial charge < -0.3 is 20.4 Å². The Morgan fingerprint density at radius 2 is 1.35 bits per heavy atom. The minimum atomic E-state index is -1.32. The summed E-state index contributed by atoms with van der Waals surface area (Å²) in [7, 11) is 0. The van der Waals surface area contributed by atoms with Gasteiger partial charge >= 0.3 is 11.9 Å². The molecule has 7 nitrogen and oxygen atoms in total. The van der Waals surface area contributed by atoms with Gasteiger partial charge in [-0.3, -0.25) is 0 Å². The quantitative estimate of drug-likeness (QED) is 0.376. The van der Waals surface area contributed by atoms with Crippen LogP contribution in [0.5, 0.6) is 5.75 Å². The monoisotopic (exact) mass is 353 g/mol. The number of hydrogen-bond acceptors (Lipinski definition) is 5. The van der Waals surface area contributed by atoms with Crippen LogP contribution >= 0.6 is 0 Å². The van der Waals surface area contributed by atoms with E-state index < -0.39 is 17.7 Å². The molecule has 2 rings (SSSR count). The lowest BCUT2D eigenvalue weighted by Crippen LogP contribution is -1.98. The Balaban J connectivity index is 0.000000263. The molecule has 0 amide bonds. The van der Waals surface area contributed by atoms with Crippen LogP contribution < -0.4 is 0 Å². The fourth-order valence-electron chi connectivity index (χ4n) is 1.65. The van der Waals surface area contributed by atoms with Gasteiger partial charge in [-0.1, -0.05) is 42.5 Å². The lowest BCUT2D eigenvalue weighted by Gasteiger charge is -1.94. The van der Waals surface area contributed by atoms with E-state index in [1.807, 2.05) is 6.07 Å². The van der Waals surface area contributed by atoms with E-state index in [2.05, 4.69) is 0 Å². The third-order valence-electron chi connectivity index (χ3n) is 2.88. The lowest BCUT2D eigenvalue weighted by atomic mass is 10.1. The van der Waals surface area contributed by atoms with Gasteiger partial charge in [0.05, 0.1) is 0 Å². The SMILES string of the molecule is N#CC(=Cc1ccc(O)cc1)C(=O)O.O=C(O)C(O)=Cc1ccccc1. The molecular formula is C19H15NO6. The molecule has 0 radical (unpaired) electrons. The molecule has 26 heavy (non-hydrogen) atoms. The third kappa shape index (κ3) is 7.02. The van der Waals surface area contributed by atoms with Gasteiger partial charge in [0.2, 0.25) is 5.76 Å². The summed E-state index contributed by atoms with van der Waals surface area (Å²) < 4.78 is 0. The normalized spacial score (nSPS) is 10.9. The first-order chi connectivity index (χ1) is 12.3. The summed E-state index contributed by atoms with van der Waals surface area (Å²) in [6.45, 7) is 0. The van der Waals surface area contributed by atoms with E-state index in [1.54, 1.807) is 30.3 Å². The first-order valence-corrected chi connectivity index (χ1v) is 7.16. The smallest absolute Gasteiger partial charge is 0.370 e. The second kappa shape index (κ2) is 9.95. The highest BCUT2D eigenvalue weighted by molar-refractivity contribution is 5.96. The fraction of sp³-hybridized carbons (Fsp3) is 0. The molecule has 132 valence electrons. The zero-order valence-electron chi connectivity index (χ0n) is 13.4. The number of carbonyl (C=O) groups is 2. The van der Waals surface area contributed by atoms with Crippen molar-refractivity contribution in [3.8, 4) is 11.8 Å². The Bertz CT molecular complexity index is 861. The van der Waals surface area contributed by atoms with Crippen LogP contribution in [0.4, 0.5) is 0 Å². The Labute approximate surface area is 149 Å². The maximum Gasteiger partial charge on any atom is 0.370 e. The zero-order chi connectivity index (χ0) is 19.5. The van der Waals surface area contributed by atoms with Crippen LogP contribution in [0, 0.1) is 11.3 Å². The Hall–Kier alpha value is -4.05. The number of aliphatic hydroxyl groups is 1. The second-order valence-corrected chi connectivity index (χ2v) is 4.81. The Morgan fingerprint density at radius 3 is 1.81 bits per heavy atom. The molecule has 0 aliphatic heterocycles. The summed E-state index contributed by atoms with van der Waals surface area (Å²) in [4.78, 5) is 20.6. The molecule has 0 spiro atoms. The average molecular weight is 353 g/mol. The van der Waals surface area contributed by atoms with Gasteiger partial charge in [0.15, 0.2) is 0 Å². The first kappa shape index (κ1) is 20.0. The van der Waals surface area contributed by atoms with E-state index in [1.165, 1.54) is 36.4 Å². The van der Waals surface area contributed by atoms with Gasteiger partial charge in [0, 0.05) is 0 Å². The molecule has 0 bridgehead atoms. The van der Waals surface area contributed by atoms with Crippen molar-refractivity contribution in [2.75, 3.05) is 0 Å². The molecular weight excluding hydrogens is 338 g/mol. The van der Waals surface area contributed by atoms with Gasteiger partial charge in [-0.05, 0) is 35.4 Å². The van der Waals surface area contributed by atoms with Crippen molar-refractivity contribution in [3.05, 3.63) is 77.1 Å². The van der Waals surface area contributed by atoms with E-state index in [4.69, 9.17) is 25.7 Å². The Morgan fingerprint density at radius 1 is 0.808 bits per heavy atom. The average Bonchev–Trinajstić information content (AvgIpc) is 2.62. The second-order valence-electron chi connectivity index (χ2n) is 4.81. The standard InChI is InChI=1S/C10H7NO3.C9H8O3/c11-6-8(10(13)14)5-7-1-3-9(12)4-2-7;10-8(9(11)12)6-7-4-2-1-3-5-7/h1-5,12H,(H,13,14);1-6,10H,(H,11,12). The topological polar surface area (TPSA) is 139 Å². The number of rotatable bonds is 4. The van der Waals surface area contributed by atoms with Crippen LogP contribution in [0.2, 0.25) is 0 Å². The molecule has 0 unspecified atom stereocenters. The summed E-state index contributed by atoms with van der Waals surface area (Å²) in [5.74, 6) is -3.14. The summed E-state index contributed by atoms with van der Waals surface area (Å²) in [5, 5.41) is 43.1. The van der Waals surface area contributed by atoms with Crippen LogP contribution in [0.25, 0.3) is 12.2 Å². The van der Waals surface area contributed by atoms with E-state index in [9.17, 15) is 9.59 Å². The molecule has 4 N–H and O–H groups in total. The van der Waals surface area contributed by atoms with Crippen LogP contribution in [-0.2, 0) is 9.59 Å². The molecule has 0 fully saturated rings. The number of phenolic OH excluding ortho intramolecular Hbond substituents is 1. The van der Waals surface area contributed by atoms with E-state index in [0.717, 1.165) is 0 Å². The Kier molecular flexibility index (Phi) is 7.65. The minimum absolute atomic E-state index is 0.0935. The van der Waals surface area contributed by atoms with Gasteiger partial charge in [0.25, 0.3) is 0 Å². The molecule has 0 saturated carbocycles. The zero-order valence-corrected chi connectivity index (χ0v) is 13.4. The number of nitriles is 1. The van der Waals surface area contributed by atoms with Crippen LogP contribution in [0.15, 0.2) is 65.9 Å². The number of benzene rings is 2. The number of aliphatic hydroxyl groups excluding tert-OH is 1. The summed E-state index contributed by atoms with van der Waals surface area (Å²) in [5.41, 5.74) is 0.884. The molecule has 2 aromatic carbocycles. The van der Waals surface area contributed by atoms with E-state index in [-0.39, 0.29) is 11.3 Å². The largest absolute Gasteiger partial charge is 0.508 e. The van der Waals surface area contributed by atoms with E-state index in [0.29, 0.717) is 11.1 Å². The van der Waals surface area contributed by atoms with Gasteiger partial charge in [0.1, 0.15) is 17.4 Å². The highest BCUT2D eigenvalue weighted by Crippen LogP contribution is 2.12. The van der Waals surface area contributed by atoms with Crippen molar-refractivity contribution < 1.29 is 30.0 Å². The number of phenols is 1. The predicted molar refractivity (Wildman–Crippen MR) is 94.0 cm³/mol. The van der Waals surface area contributed by atoms with Crippen LogP contribution in [0.1, 0.15) is 11.1 Å². The van der Waals surface area contributed by atoms with Crippen molar-refractivity contribution in [3.63, 3.8) is 0 Å². The van der Waals surface area contributed by atoms with Gasteiger partial charge in [-0.15, -0.1) is 0 Å². The number of aromatic hydroxyl groups is 1. The molecule has 0 heterocycles. The highest BCUT2D eigenvalue weighted by atomic mass is 16.4. The third-order valence-corrected chi connectivity index (χ3v) is 2.88. The minimum Gasteiger partial charge on any atom is -0.508 e. The maximum atomic E-state index is 10.5. The number of carboxylic acid groups (broad SMARTS) is 2. The first-order valence-electron chi connectivity index (χ1n) is 7.16. The fourth-order valence-corrected chi connectivity index (χ4v) is 1.65. The molecule has 0 saturated heterocycles. The molecule has 0 aliphatic carbocycles. The maximum absolute atomic E-state index is 10.5. The lowest BCUT2D eigenvalue weighted by molar-refractivity contribution is -0.135. The van der Waals surface area contributed by atoms with Crippen molar-refractivity contribution in [2.45, 2.75) is 0 Å². The summed E-state index contributed by atoms with van der Waals surface area (Å²) >= 11 is 0. The van der Waals surface area contributed by atoms with Crippen LogP contribution in [0.3, 0.4) is 0 Å². The number of hydrogen-bond donors (Lipinski definition) is 4. The molecule has 0 aliphatic rings. The van der Waals surface area contributed by atoms with Crippen molar-refractivity contribution >= 4 is 24.1 Å². The molecule has 0 atom stereocenters. The van der Waals surface area contributed by atoms with Crippen LogP contribution in [-0.4, -0.2) is 32.4 Å².